The quantitative estimate of drug-likeness (QED) is 0.718. The first-order chi connectivity index (χ1) is 9.68. The second-order valence-corrected chi connectivity index (χ2v) is 5.26. The lowest BCUT2D eigenvalue weighted by atomic mass is 10.2. The van der Waals surface area contributed by atoms with Crippen LogP contribution in [0.15, 0.2) is 54.6 Å². The van der Waals surface area contributed by atoms with Crippen LogP contribution in [0.25, 0.3) is 22.4 Å². The summed E-state index contributed by atoms with van der Waals surface area (Å²) in [5, 5.41) is 0. The number of aromatic nitrogens is 2. The molecule has 0 bridgehead atoms. The molecule has 1 heterocycles. The van der Waals surface area contributed by atoms with Gasteiger partial charge in [0.15, 0.2) is 0 Å². The minimum absolute atomic E-state index is 0.248. The summed E-state index contributed by atoms with van der Waals surface area (Å²) in [6.07, 6.45) is 0.248. The van der Waals surface area contributed by atoms with Gasteiger partial charge in [0, 0.05) is 5.56 Å². The predicted octanol–water partition coefficient (Wildman–Crippen LogP) is 3.78. The van der Waals surface area contributed by atoms with Gasteiger partial charge < -0.3 is 4.57 Å². The lowest BCUT2D eigenvalue weighted by Crippen LogP contribution is -2.23. The van der Waals surface area contributed by atoms with Gasteiger partial charge in [0.2, 0.25) is 0 Å². The number of imidazole rings is 1. The van der Waals surface area contributed by atoms with E-state index in [0.29, 0.717) is 0 Å². The third-order valence-corrected chi connectivity index (χ3v) is 3.75. The standard InChI is InChI=1S/C17H19N3/c1-13(19(2)3)20-16-12-8-7-11-15(16)18-17(20)14-9-5-4-6-10-14/h4-13H,1-3H3. The van der Waals surface area contributed by atoms with Crippen LogP contribution in [0.4, 0.5) is 0 Å². The highest BCUT2D eigenvalue weighted by Gasteiger charge is 2.17. The number of hydrogen-bond donors (Lipinski definition) is 0. The fraction of sp³-hybridized carbons (Fsp3) is 0.235. The fourth-order valence-electron chi connectivity index (χ4n) is 2.44. The average Bonchev–Trinajstić information content (AvgIpc) is 2.86. The topological polar surface area (TPSA) is 21.1 Å². The van der Waals surface area contributed by atoms with Gasteiger partial charge >= 0.3 is 0 Å². The Bertz CT molecular complexity index is 713. The van der Waals surface area contributed by atoms with Crippen molar-refractivity contribution >= 4 is 11.0 Å². The Labute approximate surface area is 119 Å². The van der Waals surface area contributed by atoms with Crippen molar-refractivity contribution in [2.75, 3.05) is 14.1 Å². The van der Waals surface area contributed by atoms with Crippen molar-refractivity contribution in [2.24, 2.45) is 0 Å². The highest BCUT2D eigenvalue weighted by molar-refractivity contribution is 5.80. The summed E-state index contributed by atoms with van der Waals surface area (Å²) < 4.78 is 2.30. The Hall–Kier alpha value is -2.13. The molecule has 0 N–H and O–H groups in total. The summed E-state index contributed by atoms with van der Waals surface area (Å²) in [5.74, 6) is 1.02. The molecule has 1 unspecified atom stereocenters. The number of benzene rings is 2. The maximum atomic E-state index is 4.82. The molecule has 0 saturated carbocycles. The molecule has 3 heteroatoms. The Kier molecular flexibility index (Phi) is 3.28. The van der Waals surface area contributed by atoms with E-state index in [2.05, 4.69) is 73.0 Å². The largest absolute Gasteiger partial charge is 0.308 e. The van der Waals surface area contributed by atoms with E-state index in [1.54, 1.807) is 0 Å². The van der Waals surface area contributed by atoms with Crippen LogP contribution < -0.4 is 0 Å². The van der Waals surface area contributed by atoms with Gasteiger partial charge in [-0.3, -0.25) is 4.90 Å². The van der Waals surface area contributed by atoms with Gasteiger partial charge in [-0.25, -0.2) is 4.98 Å². The molecule has 0 aliphatic carbocycles. The lowest BCUT2D eigenvalue weighted by Gasteiger charge is -2.24. The monoisotopic (exact) mass is 265 g/mol. The van der Waals surface area contributed by atoms with Crippen LogP contribution in [-0.2, 0) is 0 Å². The minimum Gasteiger partial charge on any atom is -0.308 e. The van der Waals surface area contributed by atoms with E-state index >= 15 is 0 Å². The van der Waals surface area contributed by atoms with E-state index in [1.807, 2.05) is 12.1 Å². The molecule has 3 rings (SSSR count). The maximum Gasteiger partial charge on any atom is 0.142 e. The molecule has 0 saturated heterocycles. The summed E-state index contributed by atoms with van der Waals surface area (Å²) >= 11 is 0. The van der Waals surface area contributed by atoms with Crippen LogP contribution in [0.3, 0.4) is 0 Å². The van der Waals surface area contributed by atoms with E-state index in [9.17, 15) is 0 Å². The third kappa shape index (κ3) is 2.10. The molecule has 1 atom stereocenters. The van der Waals surface area contributed by atoms with E-state index in [1.165, 1.54) is 5.52 Å². The van der Waals surface area contributed by atoms with Crippen LogP contribution in [0, 0.1) is 0 Å². The fourth-order valence-corrected chi connectivity index (χ4v) is 2.44. The van der Waals surface area contributed by atoms with Crippen molar-refractivity contribution in [2.45, 2.75) is 13.1 Å². The van der Waals surface area contributed by atoms with Gasteiger partial charge in [-0.2, -0.15) is 0 Å². The molecule has 0 aliphatic rings. The first-order valence-electron chi connectivity index (χ1n) is 6.87. The summed E-state index contributed by atoms with van der Waals surface area (Å²) in [6, 6.07) is 18.7. The van der Waals surface area contributed by atoms with Crippen LogP contribution in [0.5, 0.6) is 0 Å². The molecule has 0 spiro atoms. The van der Waals surface area contributed by atoms with Crippen LogP contribution >= 0.6 is 0 Å². The minimum atomic E-state index is 0.248. The van der Waals surface area contributed by atoms with Crippen molar-refractivity contribution in [1.82, 2.24) is 14.5 Å². The zero-order valence-corrected chi connectivity index (χ0v) is 12.1. The van der Waals surface area contributed by atoms with Crippen LogP contribution in [0.1, 0.15) is 13.1 Å². The second kappa shape index (κ2) is 5.10. The smallest absolute Gasteiger partial charge is 0.142 e. The molecular formula is C17H19N3. The molecule has 0 fully saturated rings. The van der Waals surface area contributed by atoms with Crippen molar-refractivity contribution in [3.05, 3.63) is 54.6 Å². The molecule has 1 aromatic heterocycles. The molecule has 3 aromatic rings. The maximum absolute atomic E-state index is 4.82. The van der Waals surface area contributed by atoms with Crippen LogP contribution in [0.2, 0.25) is 0 Å². The average molecular weight is 265 g/mol. The lowest BCUT2D eigenvalue weighted by molar-refractivity contribution is 0.246. The first-order valence-corrected chi connectivity index (χ1v) is 6.87. The van der Waals surface area contributed by atoms with Crippen molar-refractivity contribution in [3.8, 4) is 11.4 Å². The Morgan fingerprint density at radius 1 is 0.950 bits per heavy atom. The van der Waals surface area contributed by atoms with Gasteiger partial charge in [-0.05, 0) is 33.2 Å². The molecule has 20 heavy (non-hydrogen) atoms. The summed E-state index contributed by atoms with van der Waals surface area (Å²) in [6.45, 7) is 2.19. The van der Waals surface area contributed by atoms with Crippen molar-refractivity contribution in [3.63, 3.8) is 0 Å². The summed E-state index contributed by atoms with van der Waals surface area (Å²) in [5.41, 5.74) is 3.37. The Balaban J connectivity index is 2.28. The number of rotatable bonds is 3. The van der Waals surface area contributed by atoms with E-state index in [4.69, 9.17) is 4.98 Å². The number of nitrogens with zero attached hydrogens (tertiary/aromatic N) is 3. The molecule has 2 aromatic carbocycles. The van der Waals surface area contributed by atoms with E-state index in [-0.39, 0.29) is 6.17 Å². The van der Waals surface area contributed by atoms with Gasteiger partial charge in [-0.15, -0.1) is 0 Å². The molecule has 3 nitrogen and oxygen atoms in total. The highest BCUT2D eigenvalue weighted by Crippen LogP contribution is 2.28. The van der Waals surface area contributed by atoms with Gasteiger partial charge in [0.25, 0.3) is 0 Å². The zero-order chi connectivity index (χ0) is 14.1. The Morgan fingerprint density at radius 3 is 2.30 bits per heavy atom. The van der Waals surface area contributed by atoms with Crippen LogP contribution in [-0.4, -0.2) is 28.5 Å². The number of para-hydroxylation sites is 2. The highest BCUT2D eigenvalue weighted by atomic mass is 15.3. The van der Waals surface area contributed by atoms with Gasteiger partial charge in [0.1, 0.15) is 5.82 Å². The Morgan fingerprint density at radius 2 is 1.60 bits per heavy atom. The number of hydrogen-bond acceptors (Lipinski definition) is 2. The predicted molar refractivity (Wildman–Crippen MR) is 83.6 cm³/mol. The zero-order valence-electron chi connectivity index (χ0n) is 12.1. The molecule has 102 valence electrons. The second-order valence-electron chi connectivity index (χ2n) is 5.26. The normalized spacial score (nSPS) is 13.0. The van der Waals surface area contributed by atoms with Gasteiger partial charge in [0.05, 0.1) is 17.2 Å². The third-order valence-electron chi connectivity index (χ3n) is 3.75. The van der Waals surface area contributed by atoms with E-state index < -0.39 is 0 Å². The van der Waals surface area contributed by atoms with Crippen molar-refractivity contribution in [1.29, 1.82) is 0 Å². The van der Waals surface area contributed by atoms with Crippen molar-refractivity contribution < 1.29 is 0 Å². The summed E-state index contributed by atoms with van der Waals surface area (Å²) in [7, 11) is 4.18. The van der Waals surface area contributed by atoms with E-state index in [0.717, 1.165) is 16.9 Å². The first kappa shape index (κ1) is 12.9. The molecule has 0 radical (unpaired) electrons. The van der Waals surface area contributed by atoms with Gasteiger partial charge in [-0.1, -0.05) is 42.5 Å². The molecule has 0 aliphatic heterocycles. The molecular weight excluding hydrogens is 246 g/mol. The summed E-state index contributed by atoms with van der Waals surface area (Å²) in [4.78, 5) is 7.02. The molecule has 0 amide bonds. The number of fused-ring (bicyclic) bond motifs is 1. The SMILES string of the molecule is CC(N(C)C)n1c(-c2ccccc2)nc2ccccc21.